The lowest BCUT2D eigenvalue weighted by atomic mass is 9.83. The van der Waals surface area contributed by atoms with E-state index in [1.54, 1.807) is 0 Å². The first-order valence-corrected chi connectivity index (χ1v) is 6.11. The molecule has 2 rings (SSSR count). The second kappa shape index (κ2) is 4.49. The molecule has 1 N–H and O–H groups in total. The summed E-state index contributed by atoms with van der Waals surface area (Å²) in [6.45, 7) is 4.42. The van der Waals surface area contributed by atoms with E-state index in [4.69, 9.17) is 0 Å². The van der Waals surface area contributed by atoms with Crippen LogP contribution in [0.5, 0.6) is 0 Å². The van der Waals surface area contributed by atoms with Crippen molar-refractivity contribution in [2.45, 2.75) is 26.7 Å². The zero-order chi connectivity index (χ0) is 12.5. The van der Waals surface area contributed by atoms with Crippen LogP contribution in [0.4, 0.5) is 0 Å². The molecule has 0 saturated carbocycles. The van der Waals surface area contributed by atoms with Crippen LogP contribution in [0.1, 0.15) is 26.0 Å². The van der Waals surface area contributed by atoms with E-state index >= 15 is 0 Å². The average molecular weight is 232 g/mol. The minimum Gasteiger partial charge on any atom is -0.396 e. The van der Waals surface area contributed by atoms with Gasteiger partial charge in [-0.25, -0.2) is 0 Å². The van der Waals surface area contributed by atoms with Gasteiger partial charge in [0, 0.05) is 19.0 Å². The molecule has 0 radical (unpaired) electrons. The van der Waals surface area contributed by atoms with E-state index in [1.807, 2.05) is 23.9 Å². The van der Waals surface area contributed by atoms with E-state index in [-0.39, 0.29) is 12.0 Å². The van der Waals surface area contributed by atoms with Crippen molar-refractivity contribution in [1.29, 1.82) is 0 Å². The predicted octanol–water partition coefficient (Wildman–Crippen LogP) is 2.52. The summed E-state index contributed by atoms with van der Waals surface area (Å²) in [4.78, 5) is 0. The van der Waals surface area contributed by atoms with Crippen molar-refractivity contribution >= 4 is 10.9 Å². The van der Waals surface area contributed by atoms with Crippen LogP contribution < -0.4 is 0 Å². The van der Waals surface area contributed by atoms with Crippen LogP contribution in [0.2, 0.25) is 0 Å². The summed E-state index contributed by atoms with van der Waals surface area (Å²) >= 11 is 0. The van der Waals surface area contributed by atoms with Crippen molar-refractivity contribution in [3.8, 4) is 0 Å². The second-order valence-electron chi connectivity index (χ2n) is 5.09. The van der Waals surface area contributed by atoms with Crippen molar-refractivity contribution in [1.82, 2.24) is 9.78 Å². The van der Waals surface area contributed by atoms with Crippen LogP contribution in [0.15, 0.2) is 24.3 Å². The maximum absolute atomic E-state index is 9.49. The third-order valence-corrected chi connectivity index (χ3v) is 3.66. The molecule has 1 aromatic carbocycles. The molecule has 0 aliphatic rings. The molecule has 0 spiro atoms. The van der Waals surface area contributed by atoms with E-state index in [0.29, 0.717) is 0 Å². The first-order chi connectivity index (χ1) is 8.09. The molecule has 1 atom stereocenters. The normalized spacial score (nSPS) is 15.1. The molecule has 0 bridgehead atoms. The fraction of sp³-hybridized carbons (Fsp3) is 0.500. The molecule has 0 fully saturated rings. The van der Waals surface area contributed by atoms with Crippen LogP contribution in [-0.4, -0.2) is 21.5 Å². The zero-order valence-electron chi connectivity index (χ0n) is 10.8. The highest BCUT2D eigenvalue weighted by Gasteiger charge is 2.24. The Labute approximate surface area is 102 Å². The van der Waals surface area contributed by atoms with E-state index in [0.717, 1.165) is 24.1 Å². The van der Waals surface area contributed by atoms with Gasteiger partial charge in [0.25, 0.3) is 0 Å². The third kappa shape index (κ3) is 2.20. The van der Waals surface area contributed by atoms with Gasteiger partial charge < -0.3 is 5.11 Å². The summed E-state index contributed by atoms with van der Waals surface area (Å²) in [5, 5.41) is 15.3. The van der Waals surface area contributed by atoms with Crippen molar-refractivity contribution < 1.29 is 5.11 Å². The summed E-state index contributed by atoms with van der Waals surface area (Å²) in [6.07, 6.45) is 1.77. The Hall–Kier alpha value is -1.35. The molecule has 1 aromatic heterocycles. The van der Waals surface area contributed by atoms with Gasteiger partial charge in [-0.1, -0.05) is 32.0 Å². The molecule has 92 valence electrons. The number of para-hydroxylation sites is 1. The molecule has 1 unspecified atom stereocenters. The molecule has 0 aliphatic heterocycles. The molecule has 2 aromatic rings. The van der Waals surface area contributed by atoms with Gasteiger partial charge in [0.15, 0.2) is 0 Å². The first kappa shape index (κ1) is 12.1. The maximum atomic E-state index is 9.49. The summed E-state index contributed by atoms with van der Waals surface area (Å²) in [7, 11) is 1.97. The summed E-state index contributed by atoms with van der Waals surface area (Å²) in [6, 6.07) is 8.24. The quantitative estimate of drug-likeness (QED) is 0.879. The van der Waals surface area contributed by atoms with Crippen molar-refractivity contribution in [2.75, 3.05) is 6.61 Å². The number of nitrogens with zero attached hydrogens (tertiary/aromatic N) is 2. The summed E-state index contributed by atoms with van der Waals surface area (Å²) in [5.41, 5.74) is 2.16. The largest absolute Gasteiger partial charge is 0.396 e. The number of aryl methyl sites for hydroxylation is 1. The summed E-state index contributed by atoms with van der Waals surface area (Å²) < 4.78 is 1.91. The SMILES string of the molecule is CCC(C)(CO)Cc1nn(C)c2ccccc12. The highest BCUT2D eigenvalue weighted by molar-refractivity contribution is 5.81. The van der Waals surface area contributed by atoms with E-state index in [1.165, 1.54) is 5.39 Å². The number of aliphatic hydroxyl groups excluding tert-OH is 1. The molecule has 3 heteroatoms. The van der Waals surface area contributed by atoms with Crippen LogP contribution in [0.25, 0.3) is 10.9 Å². The molecule has 0 saturated heterocycles. The Kier molecular flexibility index (Phi) is 3.20. The number of fused-ring (bicyclic) bond motifs is 1. The second-order valence-corrected chi connectivity index (χ2v) is 5.09. The van der Waals surface area contributed by atoms with E-state index in [2.05, 4.69) is 31.1 Å². The number of benzene rings is 1. The number of aromatic nitrogens is 2. The lowest BCUT2D eigenvalue weighted by Crippen LogP contribution is -2.23. The lowest BCUT2D eigenvalue weighted by molar-refractivity contribution is 0.137. The molecular formula is C14H20N2O. The number of hydrogen-bond donors (Lipinski definition) is 1. The van der Waals surface area contributed by atoms with Gasteiger partial charge in [0.05, 0.1) is 11.2 Å². The van der Waals surface area contributed by atoms with Crippen LogP contribution in [0, 0.1) is 5.41 Å². The van der Waals surface area contributed by atoms with E-state index in [9.17, 15) is 5.11 Å². The van der Waals surface area contributed by atoms with Gasteiger partial charge in [-0.05, 0) is 24.3 Å². The summed E-state index contributed by atoms with van der Waals surface area (Å²) in [5.74, 6) is 0. The minimum atomic E-state index is -0.0723. The van der Waals surface area contributed by atoms with Crippen molar-refractivity contribution in [3.63, 3.8) is 0 Å². The van der Waals surface area contributed by atoms with Crippen molar-refractivity contribution in [2.24, 2.45) is 12.5 Å². The van der Waals surface area contributed by atoms with Crippen LogP contribution in [0.3, 0.4) is 0 Å². The first-order valence-electron chi connectivity index (χ1n) is 6.11. The number of hydrogen-bond acceptors (Lipinski definition) is 2. The van der Waals surface area contributed by atoms with E-state index < -0.39 is 0 Å². The Morgan fingerprint density at radius 1 is 1.35 bits per heavy atom. The van der Waals surface area contributed by atoms with Gasteiger partial charge in [0.1, 0.15) is 0 Å². The number of rotatable bonds is 4. The molecule has 0 amide bonds. The monoisotopic (exact) mass is 232 g/mol. The van der Waals surface area contributed by atoms with Gasteiger partial charge in [0.2, 0.25) is 0 Å². The Morgan fingerprint density at radius 2 is 2.06 bits per heavy atom. The molecule has 17 heavy (non-hydrogen) atoms. The third-order valence-electron chi connectivity index (χ3n) is 3.66. The van der Waals surface area contributed by atoms with Gasteiger partial charge in [-0.15, -0.1) is 0 Å². The zero-order valence-corrected chi connectivity index (χ0v) is 10.8. The van der Waals surface area contributed by atoms with Gasteiger partial charge in [-0.2, -0.15) is 5.10 Å². The predicted molar refractivity (Wildman–Crippen MR) is 69.9 cm³/mol. The Balaban J connectivity index is 2.43. The fourth-order valence-electron chi connectivity index (χ4n) is 2.12. The maximum Gasteiger partial charge on any atom is 0.0709 e. The molecule has 1 heterocycles. The van der Waals surface area contributed by atoms with Gasteiger partial charge in [-0.3, -0.25) is 4.68 Å². The standard InChI is InChI=1S/C14H20N2O/c1-4-14(2,10-17)9-12-11-7-5-6-8-13(11)16(3)15-12/h5-8,17H,4,9-10H2,1-3H3. The fourth-order valence-corrected chi connectivity index (χ4v) is 2.12. The lowest BCUT2D eigenvalue weighted by Gasteiger charge is -2.24. The van der Waals surface area contributed by atoms with Crippen LogP contribution in [-0.2, 0) is 13.5 Å². The smallest absolute Gasteiger partial charge is 0.0709 e. The van der Waals surface area contributed by atoms with Crippen molar-refractivity contribution in [3.05, 3.63) is 30.0 Å². The topological polar surface area (TPSA) is 38.1 Å². The molecule has 3 nitrogen and oxygen atoms in total. The minimum absolute atomic E-state index is 0.0723. The average Bonchev–Trinajstić information content (AvgIpc) is 2.67. The molecule has 0 aliphatic carbocycles. The highest BCUT2D eigenvalue weighted by Crippen LogP contribution is 2.28. The van der Waals surface area contributed by atoms with Gasteiger partial charge >= 0.3 is 0 Å². The number of aliphatic hydroxyl groups is 1. The Bertz CT molecular complexity index is 512. The molecular weight excluding hydrogens is 212 g/mol. The Morgan fingerprint density at radius 3 is 2.71 bits per heavy atom. The highest BCUT2D eigenvalue weighted by atomic mass is 16.3. The van der Waals surface area contributed by atoms with Crippen LogP contribution >= 0.6 is 0 Å².